The van der Waals surface area contributed by atoms with E-state index in [1.165, 1.54) is 0 Å². The van der Waals surface area contributed by atoms with E-state index in [0.29, 0.717) is 18.3 Å². The highest BCUT2D eigenvalue weighted by molar-refractivity contribution is 5.65. The third kappa shape index (κ3) is 4.07. The summed E-state index contributed by atoms with van der Waals surface area (Å²) in [4.78, 5) is 20.1. The number of carboxylic acid groups (broad SMARTS) is 1. The standard InChI is InChI=1S/C21H30N4O3/c1-3-16-14-24(11-4-12-25(16)20(26)27)17-7-9-21(15-22,10-8-17)19-6-5-18(28-2)13-23-19/h5-6,13,16-17H,3-4,7-12,14H2,1-2H3,(H,26,27). The Morgan fingerprint density at radius 2 is 2.14 bits per heavy atom. The Hall–Kier alpha value is -2.33. The van der Waals surface area contributed by atoms with Gasteiger partial charge in [0.25, 0.3) is 0 Å². The molecule has 1 N–H and O–H groups in total. The first kappa shape index (κ1) is 20.4. The van der Waals surface area contributed by atoms with Crippen LogP contribution < -0.4 is 4.74 Å². The normalized spacial score (nSPS) is 29.0. The van der Waals surface area contributed by atoms with Crippen molar-refractivity contribution in [2.24, 2.45) is 0 Å². The van der Waals surface area contributed by atoms with Gasteiger partial charge in [-0.3, -0.25) is 9.88 Å². The lowest BCUT2D eigenvalue weighted by molar-refractivity contribution is 0.101. The summed E-state index contributed by atoms with van der Waals surface area (Å²) in [5.41, 5.74) is 0.292. The molecule has 1 aliphatic carbocycles. The summed E-state index contributed by atoms with van der Waals surface area (Å²) >= 11 is 0. The number of hydrogen-bond donors (Lipinski definition) is 1. The van der Waals surface area contributed by atoms with E-state index in [0.717, 1.165) is 57.3 Å². The summed E-state index contributed by atoms with van der Waals surface area (Å²) < 4.78 is 5.18. The zero-order valence-electron chi connectivity index (χ0n) is 16.8. The van der Waals surface area contributed by atoms with Crippen LogP contribution in [0.5, 0.6) is 5.75 Å². The van der Waals surface area contributed by atoms with Gasteiger partial charge in [-0.1, -0.05) is 6.92 Å². The van der Waals surface area contributed by atoms with Crippen molar-refractivity contribution >= 4 is 6.09 Å². The van der Waals surface area contributed by atoms with Crippen molar-refractivity contribution in [3.63, 3.8) is 0 Å². The molecule has 0 bridgehead atoms. The molecule has 1 amide bonds. The minimum absolute atomic E-state index is 0.0471. The molecule has 2 fully saturated rings. The Labute approximate surface area is 166 Å². The van der Waals surface area contributed by atoms with Gasteiger partial charge in [0.15, 0.2) is 0 Å². The van der Waals surface area contributed by atoms with Gasteiger partial charge < -0.3 is 14.7 Å². The molecule has 1 aromatic rings. The fourth-order valence-corrected chi connectivity index (χ4v) is 4.69. The lowest BCUT2D eigenvalue weighted by atomic mass is 9.71. The Morgan fingerprint density at radius 1 is 1.39 bits per heavy atom. The van der Waals surface area contributed by atoms with Crippen LogP contribution in [0.1, 0.15) is 51.1 Å². The number of nitriles is 1. The molecule has 1 saturated heterocycles. The molecule has 0 radical (unpaired) electrons. The SMILES string of the molecule is CCC1CN(C2CCC(C#N)(c3ccc(OC)cn3)CC2)CCCN1C(=O)O. The van der Waals surface area contributed by atoms with Gasteiger partial charge >= 0.3 is 6.09 Å². The molecular weight excluding hydrogens is 356 g/mol. The first-order valence-corrected chi connectivity index (χ1v) is 10.2. The van der Waals surface area contributed by atoms with E-state index in [-0.39, 0.29) is 6.04 Å². The lowest BCUT2D eigenvalue weighted by Gasteiger charge is -2.40. The summed E-state index contributed by atoms with van der Waals surface area (Å²) in [6.45, 7) is 4.37. The Kier molecular flexibility index (Phi) is 6.40. The van der Waals surface area contributed by atoms with Crippen LogP contribution in [-0.2, 0) is 5.41 Å². The van der Waals surface area contributed by atoms with E-state index in [9.17, 15) is 15.2 Å². The maximum Gasteiger partial charge on any atom is 0.407 e. The summed E-state index contributed by atoms with van der Waals surface area (Å²) in [5, 5.41) is 19.4. The number of nitrogens with zero attached hydrogens (tertiary/aromatic N) is 4. The number of amides is 1. The monoisotopic (exact) mass is 386 g/mol. The maximum atomic E-state index is 11.5. The smallest absolute Gasteiger partial charge is 0.407 e. The van der Waals surface area contributed by atoms with E-state index in [2.05, 4.69) is 22.9 Å². The third-order valence-corrected chi connectivity index (χ3v) is 6.45. The second kappa shape index (κ2) is 8.78. The van der Waals surface area contributed by atoms with Crippen molar-refractivity contribution in [3.05, 3.63) is 24.0 Å². The molecule has 28 heavy (non-hydrogen) atoms. The molecule has 1 atom stereocenters. The quantitative estimate of drug-likeness (QED) is 0.854. The number of hydrogen-bond acceptors (Lipinski definition) is 5. The molecule has 7 heteroatoms. The zero-order chi connectivity index (χ0) is 20.1. The lowest BCUT2D eigenvalue weighted by Crippen LogP contribution is -2.48. The molecule has 2 aliphatic rings. The summed E-state index contributed by atoms with van der Waals surface area (Å²) in [7, 11) is 1.61. The minimum atomic E-state index is -0.813. The van der Waals surface area contributed by atoms with Crippen molar-refractivity contribution in [2.45, 2.75) is 62.9 Å². The number of pyridine rings is 1. The first-order chi connectivity index (χ1) is 13.5. The third-order valence-electron chi connectivity index (χ3n) is 6.45. The van der Waals surface area contributed by atoms with Gasteiger partial charge in [0.1, 0.15) is 5.75 Å². The molecule has 3 rings (SSSR count). The van der Waals surface area contributed by atoms with Crippen molar-refractivity contribution in [3.8, 4) is 11.8 Å². The Bertz CT molecular complexity index is 707. The Morgan fingerprint density at radius 3 is 2.68 bits per heavy atom. The van der Waals surface area contributed by atoms with Gasteiger partial charge in [-0.2, -0.15) is 5.26 Å². The second-order valence-electron chi connectivity index (χ2n) is 7.89. The fourth-order valence-electron chi connectivity index (χ4n) is 4.69. The molecule has 0 aromatic carbocycles. The van der Waals surface area contributed by atoms with Crippen molar-refractivity contribution in [1.29, 1.82) is 5.26 Å². The number of rotatable bonds is 4. The fraction of sp³-hybridized carbons (Fsp3) is 0.667. The summed E-state index contributed by atoms with van der Waals surface area (Å²) in [5.74, 6) is 0.698. The molecule has 1 unspecified atom stereocenters. The summed E-state index contributed by atoms with van der Waals surface area (Å²) in [6.07, 6.45) is 5.99. The van der Waals surface area contributed by atoms with Crippen LogP contribution in [0.4, 0.5) is 4.79 Å². The highest BCUT2D eigenvalue weighted by atomic mass is 16.5. The topological polar surface area (TPSA) is 89.7 Å². The van der Waals surface area contributed by atoms with Crippen LogP contribution in [0.2, 0.25) is 0 Å². The van der Waals surface area contributed by atoms with Gasteiger partial charge in [-0.25, -0.2) is 4.79 Å². The zero-order valence-corrected chi connectivity index (χ0v) is 16.8. The molecule has 2 heterocycles. The Balaban J connectivity index is 1.68. The molecule has 152 valence electrons. The predicted octanol–water partition coefficient (Wildman–Crippen LogP) is 3.26. The maximum absolute atomic E-state index is 11.5. The highest BCUT2D eigenvalue weighted by Crippen LogP contribution is 2.40. The number of carbonyl (C=O) groups is 1. The molecule has 1 aromatic heterocycles. The number of ether oxygens (including phenoxy) is 1. The van der Waals surface area contributed by atoms with Crippen LogP contribution >= 0.6 is 0 Å². The highest BCUT2D eigenvalue weighted by Gasteiger charge is 2.41. The van der Waals surface area contributed by atoms with Crippen LogP contribution in [0.15, 0.2) is 18.3 Å². The average molecular weight is 386 g/mol. The molecule has 7 nitrogen and oxygen atoms in total. The molecule has 1 saturated carbocycles. The van der Waals surface area contributed by atoms with Crippen molar-refractivity contribution in [2.75, 3.05) is 26.7 Å². The van der Waals surface area contributed by atoms with Gasteiger partial charge in [0.2, 0.25) is 0 Å². The van der Waals surface area contributed by atoms with E-state index < -0.39 is 11.5 Å². The second-order valence-corrected chi connectivity index (χ2v) is 7.89. The van der Waals surface area contributed by atoms with Gasteiger partial charge in [-0.15, -0.1) is 0 Å². The minimum Gasteiger partial charge on any atom is -0.495 e. The molecule has 0 spiro atoms. The van der Waals surface area contributed by atoms with Crippen molar-refractivity contribution < 1.29 is 14.6 Å². The van der Waals surface area contributed by atoms with Gasteiger partial charge in [-0.05, 0) is 50.7 Å². The van der Waals surface area contributed by atoms with Crippen LogP contribution in [0.3, 0.4) is 0 Å². The average Bonchev–Trinajstić information content (AvgIpc) is 2.96. The summed E-state index contributed by atoms with van der Waals surface area (Å²) in [6, 6.07) is 6.77. The van der Waals surface area contributed by atoms with Crippen molar-refractivity contribution in [1.82, 2.24) is 14.8 Å². The van der Waals surface area contributed by atoms with E-state index in [4.69, 9.17) is 4.74 Å². The largest absolute Gasteiger partial charge is 0.495 e. The number of methoxy groups -OCH3 is 1. The van der Waals surface area contributed by atoms with E-state index in [1.54, 1.807) is 18.2 Å². The first-order valence-electron chi connectivity index (χ1n) is 10.2. The van der Waals surface area contributed by atoms with Crippen LogP contribution in [0.25, 0.3) is 0 Å². The number of aromatic nitrogens is 1. The molecule has 1 aliphatic heterocycles. The predicted molar refractivity (Wildman–Crippen MR) is 105 cm³/mol. The van der Waals surface area contributed by atoms with Crippen LogP contribution in [0, 0.1) is 11.3 Å². The van der Waals surface area contributed by atoms with Gasteiger partial charge in [0, 0.05) is 31.7 Å². The van der Waals surface area contributed by atoms with Crippen LogP contribution in [-0.4, -0.2) is 64.8 Å². The van der Waals surface area contributed by atoms with Gasteiger partial charge in [0.05, 0.1) is 30.5 Å². The van der Waals surface area contributed by atoms with E-state index in [1.807, 2.05) is 12.1 Å². The molecular formula is C21H30N4O3. The van der Waals surface area contributed by atoms with E-state index >= 15 is 0 Å².